The van der Waals surface area contributed by atoms with Crippen molar-refractivity contribution < 1.29 is 30.5 Å². The Morgan fingerprint density at radius 3 is 1.44 bits per heavy atom. The van der Waals surface area contributed by atoms with Gasteiger partial charge in [0, 0.05) is 0 Å². The molecule has 3 N–H and O–H groups in total. The molecule has 0 aromatic heterocycles. The Hall–Kier alpha value is -1.00. The molecule has 7 nitrogen and oxygen atoms in total. The van der Waals surface area contributed by atoms with Gasteiger partial charge in [0.2, 0.25) is 0 Å². The number of benzene rings is 1. The molecule has 0 saturated heterocycles. The van der Waals surface area contributed by atoms with Crippen molar-refractivity contribution in [1.82, 2.24) is 0 Å². The lowest BCUT2D eigenvalue weighted by Crippen LogP contribution is -1.96. The molecule has 1 aromatic rings. The lowest BCUT2D eigenvalue weighted by Gasteiger charge is -1.95. The first kappa shape index (κ1) is 15.0. The Morgan fingerprint density at radius 2 is 1.19 bits per heavy atom. The van der Waals surface area contributed by atoms with E-state index in [1.54, 1.807) is 12.1 Å². The van der Waals surface area contributed by atoms with Crippen molar-refractivity contribution in [2.24, 2.45) is 0 Å². The molecular weight excluding hydrogens is 260 g/mol. The van der Waals surface area contributed by atoms with Gasteiger partial charge < -0.3 is 0 Å². The van der Waals surface area contributed by atoms with Gasteiger partial charge >= 0.3 is 10.4 Å². The smallest absolute Gasteiger partial charge is 0.282 e. The van der Waals surface area contributed by atoms with E-state index in [4.69, 9.17) is 22.1 Å². The molecular formula is C7H10O7S2. The summed E-state index contributed by atoms with van der Waals surface area (Å²) in [5, 5.41) is 0. The molecule has 0 radical (unpaired) electrons. The Morgan fingerprint density at radius 1 is 0.875 bits per heavy atom. The predicted octanol–water partition coefficient (Wildman–Crippen LogP) is 0.589. The fourth-order valence-corrected chi connectivity index (χ4v) is 1.19. The van der Waals surface area contributed by atoms with Crippen LogP contribution in [0.4, 0.5) is 0 Å². The second kappa shape index (κ2) is 5.37. The summed E-state index contributed by atoms with van der Waals surface area (Å²) in [4.78, 5) is -0.0666. The zero-order valence-corrected chi connectivity index (χ0v) is 9.73. The normalized spacial score (nSPS) is 11.5. The third-order valence-electron chi connectivity index (χ3n) is 1.32. The van der Waals surface area contributed by atoms with E-state index in [2.05, 4.69) is 0 Å². The molecule has 0 heterocycles. The molecule has 9 heteroatoms. The van der Waals surface area contributed by atoms with Crippen molar-refractivity contribution in [3.8, 4) is 0 Å². The van der Waals surface area contributed by atoms with Crippen molar-refractivity contribution in [3.05, 3.63) is 29.8 Å². The fourth-order valence-electron chi connectivity index (χ4n) is 0.710. The maximum absolute atomic E-state index is 10.5. The minimum absolute atomic E-state index is 0.0666. The highest BCUT2D eigenvalue weighted by atomic mass is 32.3. The van der Waals surface area contributed by atoms with E-state index in [1.807, 2.05) is 6.92 Å². The van der Waals surface area contributed by atoms with Crippen LogP contribution in [0.1, 0.15) is 5.56 Å². The van der Waals surface area contributed by atoms with E-state index in [-0.39, 0.29) is 4.90 Å². The van der Waals surface area contributed by atoms with Crippen LogP contribution >= 0.6 is 0 Å². The summed E-state index contributed by atoms with van der Waals surface area (Å²) >= 11 is 0. The van der Waals surface area contributed by atoms with E-state index in [9.17, 15) is 8.42 Å². The van der Waals surface area contributed by atoms with Crippen LogP contribution < -0.4 is 0 Å². The van der Waals surface area contributed by atoms with Crippen molar-refractivity contribution in [3.63, 3.8) is 0 Å². The zero-order valence-electron chi connectivity index (χ0n) is 8.10. The molecule has 1 rings (SSSR count). The summed E-state index contributed by atoms with van der Waals surface area (Å²) in [7, 11) is -8.69. The first-order valence-corrected chi connectivity index (χ1v) is 6.58. The van der Waals surface area contributed by atoms with Gasteiger partial charge in [0.25, 0.3) is 10.1 Å². The summed E-state index contributed by atoms with van der Waals surface area (Å²) in [6.07, 6.45) is 0. The van der Waals surface area contributed by atoms with Gasteiger partial charge in [-0.15, -0.1) is 0 Å². The number of hydrogen-bond donors (Lipinski definition) is 3. The van der Waals surface area contributed by atoms with E-state index < -0.39 is 20.5 Å². The van der Waals surface area contributed by atoms with Crippen LogP contribution in [0.25, 0.3) is 0 Å². The molecule has 0 saturated carbocycles. The van der Waals surface area contributed by atoms with Crippen LogP contribution in [-0.4, -0.2) is 30.5 Å². The van der Waals surface area contributed by atoms with Gasteiger partial charge in [-0.05, 0) is 19.1 Å². The van der Waals surface area contributed by atoms with Crippen molar-refractivity contribution >= 4 is 20.5 Å². The summed E-state index contributed by atoms with van der Waals surface area (Å²) < 4.78 is 61.1. The van der Waals surface area contributed by atoms with E-state index >= 15 is 0 Å². The van der Waals surface area contributed by atoms with Crippen molar-refractivity contribution in [2.75, 3.05) is 0 Å². The third kappa shape index (κ3) is 8.32. The lowest BCUT2D eigenvalue weighted by atomic mass is 10.2. The maximum atomic E-state index is 10.5. The molecule has 0 bridgehead atoms. The topological polar surface area (TPSA) is 129 Å². The van der Waals surface area contributed by atoms with Gasteiger partial charge in [-0.3, -0.25) is 13.7 Å². The zero-order chi connectivity index (χ0) is 13.0. The Balaban J connectivity index is 0.000000385. The van der Waals surface area contributed by atoms with Crippen LogP contribution in [-0.2, 0) is 20.5 Å². The number of hydrogen-bond acceptors (Lipinski definition) is 4. The molecule has 0 aliphatic rings. The van der Waals surface area contributed by atoms with Gasteiger partial charge in [-0.25, -0.2) is 0 Å². The molecule has 0 atom stereocenters. The van der Waals surface area contributed by atoms with Gasteiger partial charge in [0.05, 0.1) is 4.90 Å². The SMILES string of the molecule is Cc1ccc(S(=O)(=O)O)cc1.O=S(=O)(O)O. The van der Waals surface area contributed by atoms with Gasteiger partial charge in [0.1, 0.15) is 0 Å². The molecule has 0 amide bonds. The van der Waals surface area contributed by atoms with Gasteiger partial charge in [-0.2, -0.15) is 16.8 Å². The predicted molar refractivity (Wildman–Crippen MR) is 55.2 cm³/mol. The average Bonchev–Trinajstić information content (AvgIpc) is 1.99. The third-order valence-corrected chi connectivity index (χ3v) is 2.19. The second-order valence-corrected chi connectivity index (χ2v) is 5.05. The van der Waals surface area contributed by atoms with Crippen molar-refractivity contribution in [1.29, 1.82) is 0 Å². The van der Waals surface area contributed by atoms with Gasteiger partial charge in [0.15, 0.2) is 0 Å². The fraction of sp³-hybridized carbons (Fsp3) is 0.143. The Bertz CT molecular complexity index is 519. The number of rotatable bonds is 1. The van der Waals surface area contributed by atoms with Crippen LogP contribution in [0.2, 0.25) is 0 Å². The molecule has 0 aliphatic heterocycles. The average molecular weight is 270 g/mol. The van der Waals surface area contributed by atoms with Crippen LogP contribution in [0.3, 0.4) is 0 Å². The van der Waals surface area contributed by atoms with Crippen LogP contribution in [0.5, 0.6) is 0 Å². The molecule has 92 valence electrons. The quantitative estimate of drug-likeness (QED) is 0.637. The molecule has 0 spiro atoms. The minimum atomic E-state index is -4.67. The summed E-state index contributed by atoms with van der Waals surface area (Å²) in [5.41, 5.74) is 0.956. The monoisotopic (exact) mass is 270 g/mol. The van der Waals surface area contributed by atoms with Crippen molar-refractivity contribution in [2.45, 2.75) is 11.8 Å². The second-order valence-electron chi connectivity index (χ2n) is 2.74. The molecule has 1 aromatic carbocycles. The molecule has 0 unspecified atom stereocenters. The largest absolute Gasteiger partial charge is 0.394 e. The molecule has 0 fully saturated rings. The Kier molecular flexibility index (Phi) is 5.03. The number of aryl methyl sites for hydroxylation is 1. The summed E-state index contributed by atoms with van der Waals surface area (Å²) in [6.45, 7) is 1.84. The van der Waals surface area contributed by atoms with Crippen LogP contribution in [0.15, 0.2) is 29.2 Å². The highest BCUT2D eigenvalue weighted by Gasteiger charge is 2.06. The minimum Gasteiger partial charge on any atom is -0.282 e. The molecule has 16 heavy (non-hydrogen) atoms. The maximum Gasteiger partial charge on any atom is 0.394 e. The van der Waals surface area contributed by atoms with E-state index in [1.165, 1.54) is 12.1 Å². The van der Waals surface area contributed by atoms with Crippen LogP contribution in [0, 0.1) is 6.92 Å². The first-order chi connectivity index (χ1) is 7.00. The Labute approximate surface area is 93.1 Å². The summed E-state index contributed by atoms with van der Waals surface area (Å²) in [6, 6.07) is 5.99. The lowest BCUT2D eigenvalue weighted by molar-refractivity contribution is 0.381. The van der Waals surface area contributed by atoms with Gasteiger partial charge in [-0.1, -0.05) is 17.7 Å². The highest BCUT2D eigenvalue weighted by Crippen LogP contribution is 2.08. The van der Waals surface area contributed by atoms with E-state index in [0.717, 1.165) is 5.56 Å². The standard InChI is InChI=1S/C7H8O3S.H2O4S/c1-6-2-4-7(5-3-6)11(8,9)10;1-5(2,3)4/h2-5H,1H3,(H,8,9,10);(H2,1,2,3,4). The first-order valence-electron chi connectivity index (χ1n) is 3.74. The van der Waals surface area contributed by atoms with E-state index in [0.29, 0.717) is 0 Å². The summed E-state index contributed by atoms with van der Waals surface area (Å²) in [5.74, 6) is 0. The highest BCUT2D eigenvalue weighted by molar-refractivity contribution is 7.85. The molecule has 0 aliphatic carbocycles.